The van der Waals surface area contributed by atoms with Crippen LogP contribution in [0.1, 0.15) is 24.1 Å². The predicted octanol–water partition coefficient (Wildman–Crippen LogP) is 1.91. The standard InChI is InChI=1S/C14H20N4.2ClH/c1-17-6-10(4-12(17)5-15)7-18-8-13(11-2-3-11)14(16)9-18;;/h4,6,11,13-14H,2-3,7-9,16H2,1H3;2*1H/t13-,14+;;/m1../s1. The van der Waals surface area contributed by atoms with Crippen LogP contribution >= 0.6 is 24.8 Å². The van der Waals surface area contributed by atoms with Crippen molar-refractivity contribution in [3.05, 3.63) is 23.5 Å². The molecule has 3 rings (SSSR count). The molecule has 0 spiro atoms. The summed E-state index contributed by atoms with van der Waals surface area (Å²) in [6.45, 7) is 3.05. The van der Waals surface area contributed by atoms with Crippen molar-refractivity contribution in [1.29, 1.82) is 5.26 Å². The Morgan fingerprint density at radius 3 is 2.60 bits per heavy atom. The van der Waals surface area contributed by atoms with Crippen LogP contribution in [0.4, 0.5) is 0 Å². The van der Waals surface area contributed by atoms with Gasteiger partial charge in [-0.1, -0.05) is 0 Å². The lowest BCUT2D eigenvalue weighted by atomic mass is 9.99. The maximum Gasteiger partial charge on any atom is 0.120 e. The minimum Gasteiger partial charge on any atom is -0.342 e. The highest BCUT2D eigenvalue weighted by molar-refractivity contribution is 5.85. The molecule has 112 valence electrons. The SMILES string of the molecule is Cl.Cl.Cn1cc(CN2C[C@H](C3CC3)[C@@H](N)C2)cc1C#N. The smallest absolute Gasteiger partial charge is 0.120 e. The van der Waals surface area contributed by atoms with E-state index in [-0.39, 0.29) is 24.8 Å². The number of hydrogen-bond acceptors (Lipinski definition) is 3. The predicted molar refractivity (Wildman–Crippen MR) is 84.1 cm³/mol. The van der Waals surface area contributed by atoms with E-state index >= 15 is 0 Å². The number of halogens is 2. The number of aryl methyl sites for hydroxylation is 1. The van der Waals surface area contributed by atoms with Gasteiger partial charge >= 0.3 is 0 Å². The third-order valence-electron chi connectivity index (χ3n) is 4.30. The third kappa shape index (κ3) is 3.48. The summed E-state index contributed by atoms with van der Waals surface area (Å²) in [7, 11) is 1.92. The fourth-order valence-corrected chi connectivity index (χ4v) is 3.18. The molecule has 0 amide bonds. The fraction of sp³-hybridized carbons (Fsp3) is 0.643. The Labute approximate surface area is 132 Å². The number of rotatable bonds is 3. The van der Waals surface area contributed by atoms with Gasteiger partial charge in [-0.25, -0.2) is 0 Å². The average molecular weight is 317 g/mol. The summed E-state index contributed by atoms with van der Waals surface area (Å²) in [4.78, 5) is 2.43. The lowest BCUT2D eigenvalue weighted by Crippen LogP contribution is -2.30. The molecular formula is C14H22Cl2N4. The molecule has 6 heteroatoms. The van der Waals surface area contributed by atoms with Gasteiger partial charge in [0.25, 0.3) is 0 Å². The van der Waals surface area contributed by atoms with E-state index in [0.29, 0.717) is 12.0 Å². The zero-order valence-corrected chi connectivity index (χ0v) is 13.3. The van der Waals surface area contributed by atoms with Crippen LogP contribution in [0.15, 0.2) is 12.3 Å². The largest absolute Gasteiger partial charge is 0.342 e. The number of aromatic nitrogens is 1. The molecule has 0 bridgehead atoms. The van der Waals surface area contributed by atoms with E-state index in [1.165, 1.54) is 18.4 Å². The van der Waals surface area contributed by atoms with Gasteiger partial charge in [0.2, 0.25) is 0 Å². The van der Waals surface area contributed by atoms with E-state index in [9.17, 15) is 0 Å². The molecule has 2 aliphatic rings. The van der Waals surface area contributed by atoms with Crippen LogP contribution in [-0.4, -0.2) is 28.6 Å². The van der Waals surface area contributed by atoms with Crippen molar-refractivity contribution in [2.75, 3.05) is 13.1 Å². The van der Waals surface area contributed by atoms with Crippen molar-refractivity contribution >= 4 is 24.8 Å². The first-order chi connectivity index (χ1) is 8.67. The summed E-state index contributed by atoms with van der Waals surface area (Å²) < 4.78 is 1.89. The van der Waals surface area contributed by atoms with Crippen molar-refractivity contribution in [2.24, 2.45) is 24.6 Å². The summed E-state index contributed by atoms with van der Waals surface area (Å²) in [5.74, 6) is 1.58. The van der Waals surface area contributed by atoms with Gasteiger partial charge in [-0.3, -0.25) is 4.90 Å². The van der Waals surface area contributed by atoms with Crippen LogP contribution in [0.25, 0.3) is 0 Å². The molecular weight excluding hydrogens is 295 g/mol. The Morgan fingerprint density at radius 2 is 2.05 bits per heavy atom. The average Bonchev–Trinajstić information content (AvgIpc) is 3.02. The highest BCUT2D eigenvalue weighted by Gasteiger charge is 2.40. The van der Waals surface area contributed by atoms with Gasteiger partial charge < -0.3 is 10.3 Å². The van der Waals surface area contributed by atoms with Crippen molar-refractivity contribution < 1.29 is 0 Å². The molecule has 4 nitrogen and oxygen atoms in total. The fourth-order valence-electron chi connectivity index (χ4n) is 3.18. The molecule has 2 atom stereocenters. The molecule has 0 aromatic carbocycles. The van der Waals surface area contributed by atoms with Crippen LogP contribution in [0.3, 0.4) is 0 Å². The first-order valence-electron chi connectivity index (χ1n) is 6.70. The second-order valence-corrected chi connectivity index (χ2v) is 5.82. The van der Waals surface area contributed by atoms with E-state index in [1.807, 2.05) is 17.7 Å². The molecule has 1 aromatic rings. The lowest BCUT2D eigenvalue weighted by molar-refractivity contribution is 0.310. The summed E-state index contributed by atoms with van der Waals surface area (Å²) in [5.41, 5.74) is 8.18. The van der Waals surface area contributed by atoms with Gasteiger partial charge in [0.05, 0.1) is 0 Å². The Hall–Kier alpha value is -0.730. The number of nitrogens with two attached hydrogens (primary N) is 1. The van der Waals surface area contributed by atoms with E-state index in [2.05, 4.69) is 17.2 Å². The summed E-state index contributed by atoms with van der Waals surface area (Å²) in [5, 5.41) is 8.95. The molecule has 1 aliphatic heterocycles. The van der Waals surface area contributed by atoms with Crippen LogP contribution in [0.2, 0.25) is 0 Å². The lowest BCUT2D eigenvalue weighted by Gasteiger charge is -2.14. The number of nitrogens with zero attached hydrogens (tertiary/aromatic N) is 3. The third-order valence-corrected chi connectivity index (χ3v) is 4.30. The zero-order chi connectivity index (χ0) is 12.7. The summed E-state index contributed by atoms with van der Waals surface area (Å²) >= 11 is 0. The molecule has 0 radical (unpaired) electrons. The highest BCUT2D eigenvalue weighted by atomic mass is 35.5. The molecule has 1 aromatic heterocycles. The van der Waals surface area contributed by atoms with Gasteiger partial charge in [-0.05, 0) is 36.3 Å². The molecule has 0 unspecified atom stereocenters. The van der Waals surface area contributed by atoms with Crippen molar-refractivity contribution in [3.8, 4) is 6.07 Å². The monoisotopic (exact) mass is 316 g/mol. The quantitative estimate of drug-likeness (QED) is 0.926. The van der Waals surface area contributed by atoms with E-state index in [0.717, 1.165) is 31.2 Å². The van der Waals surface area contributed by atoms with E-state index < -0.39 is 0 Å². The van der Waals surface area contributed by atoms with Gasteiger partial charge in [-0.15, -0.1) is 24.8 Å². The summed E-state index contributed by atoms with van der Waals surface area (Å²) in [6, 6.07) is 4.53. The van der Waals surface area contributed by atoms with E-state index in [1.54, 1.807) is 0 Å². The van der Waals surface area contributed by atoms with E-state index in [4.69, 9.17) is 11.0 Å². The summed E-state index contributed by atoms with van der Waals surface area (Å²) in [6.07, 6.45) is 4.79. The number of nitriles is 1. The Kier molecular flexibility index (Phi) is 5.91. The maximum absolute atomic E-state index is 8.95. The minimum absolute atomic E-state index is 0. The zero-order valence-electron chi connectivity index (χ0n) is 11.7. The molecule has 1 aliphatic carbocycles. The second-order valence-electron chi connectivity index (χ2n) is 5.82. The normalized spacial score (nSPS) is 25.6. The minimum atomic E-state index is 0. The van der Waals surface area contributed by atoms with Gasteiger partial charge in [-0.2, -0.15) is 5.26 Å². The van der Waals surface area contributed by atoms with Crippen LogP contribution in [0.5, 0.6) is 0 Å². The van der Waals surface area contributed by atoms with Crippen LogP contribution in [-0.2, 0) is 13.6 Å². The Bertz CT molecular complexity index is 490. The second kappa shape index (κ2) is 6.82. The molecule has 2 heterocycles. The van der Waals surface area contributed by atoms with Gasteiger partial charge in [0, 0.05) is 38.9 Å². The van der Waals surface area contributed by atoms with Crippen LogP contribution in [0, 0.1) is 23.2 Å². The van der Waals surface area contributed by atoms with Crippen molar-refractivity contribution in [1.82, 2.24) is 9.47 Å². The van der Waals surface area contributed by atoms with Gasteiger partial charge in [0.1, 0.15) is 11.8 Å². The molecule has 20 heavy (non-hydrogen) atoms. The Balaban J connectivity index is 0.000001000. The first kappa shape index (κ1) is 17.3. The molecule has 2 fully saturated rings. The molecule has 1 saturated carbocycles. The van der Waals surface area contributed by atoms with Gasteiger partial charge in [0.15, 0.2) is 0 Å². The van der Waals surface area contributed by atoms with Crippen LogP contribution < -0.4 is 5.73 Å². The highest BCUT2D eigenvalue weighted by Crippen LogP contribution is 2.41. The first-order valence-corrected chi connectivity index (χ1v) is 6.70. The number of hydrogen-bond donors (Lipinski definition) is 1. The van der Waals surface area contributed by atoms with Crippen molar-refractivity contribution in [2.45, 2.75) is 25.4 Å². The van der Waals surface area contributed by atoms with Crippen molar-refractivity contribution in [3.63, 3.8) is 0 Å². The topological polar surface area (TPSA) is 58.0 Å². The number of likely N-dealkylation sites (tertiary alicyclic amines) is 1. The molecule has 1 saturated heterocycles. The molecule has 2 N–H and O–H groups in total. The maximum atomic E-state index is 8.95. The Morgan fingerprint density at radius 1 is 1.35 bits per heavy atom.